The van der Waals surface area contributed by atoms with Crippen molar-refractivity contribution < 1.29 is 81.0 Å². The fourth-order valence-corrected chi connectivity index (χ4v) is 4.71. The molecule has 0 saturated carbocycles. The second-order valence-corrected chi connectivity index (χ2v) is 10.4. The zero-order valence-corrected chi connectivity index (χ0v) is 22.9. The van der Waals surface area contributed by atoms with Crippen molar-refractivity contribution in [2.24, 2.45) is 0 Å². The van der Waals surface area contributed by atoms with E-state index in [2.05, 4.69) is 20.8 Å². The molecular formula is C20H34F9O3SiZr-. The fourth-order valence-electron chi connectivity index (χ4n) is 2.07. The molecule has 0 unspecified atom stereocenters. The molecule has 0 amide bonds. The van der Waals surface area contributed by atoms with Gasteiger partial charge >= 0.3 is 25.5 Å². The summed E-state index contributed by atoms with van der Waals surface area (Å²) in [6.07, 6.45) is 6.11. The maximum atomic E-state index is 12.6. The molecular weight excluding hydrogens is 579 g/mol. The molecule has 204 valence electrons. The largest absolute Gasteiger partial charge is 0.399 e. The van der Waals surface area contributed by atoms with Gasteiger partial charge in [0.2, 0.25) is 0 Å². The molecule has 0 aliphatic carbocycles. The minimum Gasteiger partial charge on any atom is -0.396 e. The number of hydrogen-bond acceptors (Lipinski definition) is 3. The van der Waals surface area contributed by atoms with Crippen molar-refractivity contribution in [3.05, 3.63) is 24.3 Å². The van der Waals surface area contributed by atoms with E-state index in [1.807, 2.05) is 0 Å². The standard InChI is InChI=1S/C8H4F9Si.3C4H10O.Zr/c9-6(10,11)18(7(12,13)14,8(15,16)17)5-3-1-2-4-5;3*1-2-3-4-5;/h1-4H;3*5H,2-4H2,1H3;/q-1;;;;. The number of halogens is 9. The van der Waals surface area contributed by atoms with Crippen LogP contribution in [-0.4, -0.2) is 60.6 Å². The van der Waals surface area contributed by atoms with Crippen LogP contribution in [-0.2, 0) is 26.2 Å². The van der Waals surface area contributed by atoms with Gasteiger partial charge in [-0.05, 0) is 19.3 Å². The monoisotopic (exact) mass is 611 g/mol. The Morgan fingerprint density at radius 2 is 0.824 bits per heavy atom. The van der Waals surface area contributed by atoms with Gasteiger partial charge in [-0.15, -0.1) is 5.19 Å². The van der Waals surface area contributed by atoms with Gasteiger partial charge in [0, 0.05) is 46.0 Å². The Labute approximate surface area is 214 Å². The molecule has 0 fully saturated rings. The molecule has 0 aliphatic heterocycles. The molecule has 14 heteroatoms. The maximum Gasteiger partial charge on any atom is 0.399 e. The van der Waals surface area contributed by atoms with Gasteiger partial charge in [0.25, 0.3) is 0 Å². The second-order valence-electron chi connectivity index (χ2n) is 6.65. The van der Waals surface area contributed by atoms with Crippen LogP contribution in [0.5, 0.6) is 0 Å². The van der Waals surface area contributed by atoms with E-state index in [1.54, 1.807) is 0 Å². The molecule has 0 radical (unpaired) electrons. The summed E-state index contributed by atoms with van der Waals surface area (Å²) in [4.78, 5) is 0. The molecule has 0 aromatic heterocycles. The van der Waals surface area contributed by atoms with Crippen LogP contribution in [0.4, 0.5) is 39.5 Å². The van der Waals surface area contributed by atoms with Crippen LogP contribution in [0, 0.1) is 0 Å². The van der Waals surface area contributed by atoms with Crippen LogP contribution >= 0.6 is 0 Å². The summed E-state index contributed by atoms with van der Waals surface area (Å²) in [5.41, 5.74) is 0. The van der Waals surface area contributed by atoms with Gasteiger partial charge in [-0.3, -0.25) is 0 Å². The van der Waals surface area contributed by atoms with Crippen LogP contribution in [0.2, 0.25) is 0 Å². The summed E-state index contributed by atoms with van der Waals surface area (Å²) in [7, 11) is -7.72. The van der Waals surface area contributed by atoms with Crippen LogP contribution < -0.4 is 5.19 Å². The first-order valence-corrected chi connectivity index (χ1v) is 12.3. The number of unbranched alkanes of at least 4 members (excludes halogenated alkanes) is 3. The zero-order valence-electron chi connectivity index (χ0n) is 19.4. The maximum absolute atomic E-state index is 12.6. The van der Waals surface area contributed by atoms with E-state index >= 15 is 0 Å². The molecule has 3 nitrogen and oxygen atoms in total. The van der Waals surface area contributed by atoms with E-state index in [-0.39, 0.29) is 38.3 Å². The summed E-state index contributed by atoms with van der Waals surface area (Å²) in [5, 5.41) is 22.4. The summed E-state index contributed by atoms with van der Waals surface area (Å²) in [6, 6.07) is 1.84. The van der Waals surface area contributed by atoms with Crippen molar-refractivity contribution in [1.29, 1.82) is 0 Å². The van der Waals surface area contributed by atoms with Crippen molar-refractivity contribution >= 4 is 13.3 Å². The van der Waals surface area contributed by atoms with E-state index in [4.69, 9.17) is 15.3 Å². The van der Waals surface area contributed by atoms with Crippen LogP contribution in [0.1, 0.15) is 59.3 Å². The first-order chi connectivity index (χ1) is 15.1. The molecule has 1 rings (SSSR count). The third-order valence-electron chi connectivity index (χ3n) is 3.91. The number of aliphatic hydroxyl groups is 3. The van der Waals surface area contributed by atoms with E-state index in [1.165, 1.54) is 0 Å². The van der Waals surface area contributed by atoms with E-state index < -0.39 is 30.7 Å². The van der Waals surface area contributed by atoms with Gasteiger partial charge in [0.1, 0.15) is 0 Å². The smallest absolute Gasteiger partial charge is 0.396 e. The van der Waals surface area contributed by atoms with Crippen molar-refractivity contribution in [2.75, 3.05) is 19.8 Å². The van der Waals surface area contributed by atoms with E-state index in [0.717, 1.165) is 38.5 Å². The van der Waals surface area contributed by atoms with E-state index in [0.29, 0.717) is 32.0 Å². The van der Waals surface area contributed by atoms with Crippen molar-refractivity contribution in [3.63, 3.8) is 0 Å². The Balaban J connectivity index is -0.000000231. The molecule has 0 saturated heterocycles. The Kier molecular flexibility index (Phi) is 25.1. The van der Waals surface area contributed by atoms with Crippen LogP contribution in [0.3, 0.4) is 0 Å². The predicted octanol–water partition coefficient (Wildman–Crippen LogP) is 5.70. The molecule has 0 bridgehead atoms. The third kappa shape index (κ3) is 14.3. The Hall–Kier alpha value is -0.300. The number of alkyl halides is 9. The quantitative estimate of drug-likeness (QED) is 0.210. The summed E-state index contributed by atoms with van der Waals surface area (Å²) in [6.45, 7) is 7.19. The molecule has 0 aliphatic rings. The SMILES string of the molecule is CCCCO.CCCCO.CCCCO.FC(F)(F)[Si]([c-]1cccc1)(C(F)(F)F)C(F)(F)F.[Zr]. The normalized spacial score (nSPS) is 11.6. The number of hydrogen-bond donors (Lipinski definition) is 3. The van der Waals surface area contributed by atoms with Crippen LogP contribution in [0.15, 0.2) is 24.3 Å². The summed E-state index contributed by atoms with van der Waals surface area (Å²) in [5.74, 6) is -19.2. The summed E-state index contributed by atoms with van der Waals surface area (Å²) < 4.78 is 113. The van der Waals surface area contributed by atoms with Gasteiger partial charge in [-0.1, -0.05) is 40.0 Å². The first kappa shape index (κ1) is 40.9. The molecule has 1 aromatic carbocycles. The van der Waals surface area contributed by atoms with Crippen molar-refractivity contribution in [3.8, 4) is 0 Å². The third-order valence-corrected chi connectivity index (χ3v) is 7.66. The van der Waals surface area contributed by atoms with E-state index in [9.17, 15) is 39.5 Å². The fraction of sp³-hybridized carbons (Fsp3) is 0.750. The molecule has 0 spiro atoms. The van der Waals surface area contributed by atoms with Gasteiger partial charge in [0.15, 0.2) is 0 Å². The van der Waals surface area contributed by atoms with Crippen molar-refractivity contribution in [1.82, 2.24) is 0 Å². The minimum absolute atomic E-state index is 0. The molecule has 0 atom stereocenters. The minimum atomic E-state index is -7.72. The van der Waals surface area contributed by atoms with Gasteiger partial charge in [-0.2, -0.15) is 51.6 Å². The predicted molar refractivity (Wildman–Crippen MR) is 112 cm³/mol. The Bertz CT molecular complexity index is 493. The topological polar surface area (TPSA) is 60.7 Å². The first-order valence-electron chi connectivity index (χ1n) is 10.3. The Morgan fingerprint density at radius 3 is 0.941 bits per heavy atom. The average Bonchev–Trinajstić information content (AvgIpc) is 3.16. The van der Waals surface area contributed by atoms with Crippen LogP contribution in [0.25, 0.3) is 0 Å². The average molecular weight is 613 g/mol. The molecule has 1 aromatic rings. The molecule has 3 N–H and O–H groups in total. The molecule has 34 heavy (non-hydrogen) atoms. The van der Waals surface area contributed by atoms with Gasteiger partial charge in [-0.25, -0.2) is 12.1 Å². The summed E-state index contributed by atoms with van der Waals surface area (Å²) >= 11 is 0. The van der Waals surface area contributed by atoms with Gasteiger partial charge in [0.05, 0.1) is 0 Å². The van der Waals surface area contributed by atoms with Crippen molar-refractivity contribution in [2.45, 2.75) is 76.7 Å². The molecule has 0 heterocycles. The number of aliphatic hydroxyl groups excluding tert-OH is 3. The Morgan fingerprint density at radius 1 is 0.588 bits per heavy atom. The second kappa shape index (κ2) is 20.8. The number of rotatable bonds is 7. The van der Waals surface area contributed by atoms with Gasteiger partial charge < -0.3 is 15.3 Å². The zero-order chi connectivity index (χ0) is 26.8.